The van der Waals surface area contributed by atoms with Gasteiger partial charge in [0.1, 0.15) is 6.67 Å². The van der Waals surface area contributed by atoms with E-state index in [1.54, 1.807) is 0 Å². The summed E-state index contributed by atoms with van der Waals surface area (Å²) in [5, 5.41) is 16.2. The molecule has 0 saturated heterocycles. The highest BCUT2D eigenvalue weighted by atomic mass is 19.1. The van der Waals surface area contributed by atoms with E-state index < -0.39 is 12.8 Å². The molecule has 2 N–H and O–H groups in total. The summed E-state index contributed by atoms with van der Waals surface area (Å²) in [6, 6.07) is 0. The monoisotopic (exact) mass is 107 g/mol. The van der Waals surface area contributed by atoms with Crippen molar-refractivity contribution in [2.75, 3.05) is 6.67 Å². The number of hydrogen-bond acceptors (Lipinski definition) is 2. The van der Waals surface area contributed by atoms with Crippen molar-refractivity contribution in [3.8, 4) is 0 Å². The Balaban J connectivity index is 2.83. The molecule has 0 aliphatic rings. The van der Waals surface area contributed by atoms with Gasteiger partial charge in [0.05, 0.1) is 12.7 Å². The average Bonchev–Trinajstić information content (AvgIpc) is 1.68. The van der Waals surface area contributed by atoms with Gasteiger partial charge >= 0.3 is 0 Å². The molecule has 0 aromatic heterocycles. The van der Waals surface area contributed by atoms with Gasteiger partial charge in [0, 0.05) is 6.42 Å². The summed E-state index contributed by atoms with van der Waals surface area (Å²) in [6.07, 6.45) is -1.01. The molecule has 43 valence electrons. The van der Waals surface area contributed by atoms with Crippen LogP contribution in [0.5, 0.6) is 0 Å². The summed E-state index contributed by atoms with van der Waals surface area (Å²) in [5.74, 6) is 0. The van der Waals surface area contributed by atoms with Gasteiger partial charge in [-0.3, -0.25) is 0 Å². The first-order chi connectivity index (χ1) is 3.31. The first-order valence-corrected chi connectivity index (χ1v) is 2.01. The predicted octanol–water partition coefficient (Wildman–Crippen LogP) is 0.241. The van der Waals surface area contributed by atoms with Crippen molar-refractivity contribution in [3.05, 3.63) is 6.61 Å². The number of halogens is 1. The molecule has 3 heteroatoms. The summed E-state index contributed by atoms with van der Waals surface area (Å²) in [4.78, 5) is 0. The van der Waals surface area contributed by atoms with Crippen LogP contribution in [0.2, 0.25) is 0 Å². The summed E-state index contributed by atoms with van der Waals surface area (Å²) in [6.45, 7) is -0.0543. The van der Waals surface area contributed by atoms with Gasteiger partial charge in [0.25, 0.3) is 0 Å². The lowest BCUT2D eigenvalue weighted by Gasteiger charge is -1.98. The van der Waals surface area contributed by atoms with Crippen LogP contribution in [-0.2, 0) is 0 Å². The van der Waals surface area contributed by atoms with Crippen LogP contribution >= 0.6 is 0 Å². The largest absolute Gasteiger partial charge is 0.390 e. The molecule has 0 amide bonds. The molecule has 1 radical (unpaired) electrons. The van der Waals surface area contributed by atoms with Gasteiger partial charge < -0.3 is 10.2 Å². The smallest absolute Gasteiger partial charge is 0.115 e. The number of aliphatic hydroxyl groups is 2. The third kappa shape index (κ3) is 3.69. The minimum atomic E-state index is -1.02. The molecule has 0 aromatic carbocycles. The fourth-order valence-corrected chi connectivity index (χ4v) is 0.185. The van der Waals surface area contributed by atoms with E-state index in [2.05, 4.69) is 0 Å². The molecule has 0 aliphatic carbocycles. The Bertz CT molecular complexity index is 40.7. The fraction of sp³-hybridized carbons (Fsp3) is 0.750. The maximum atomic E-state index is 11.2. The lowest BCUT2D eigenvalue weighted by molar-refractivity contribution is 0.124. The molecule has 0 spiro atoms. The molecule has 0 rings (SSSR count). The zero-order chi connectivity index (χ0) is 5.70. The van der Waals surface area contributed by atoms with Crippen molar-refractivity contribution >= 4 is 0 Å². The van der Waals surface area contributed by atoms with Crippen LogP contribution in [0.1, 0.15) is 6.42 Å². The van der Waals surface area contributed by atoms with Gasteiger partial charge in [0.15, 0.2) is 0 Å². The van der Waals surface area contributed by atoms with Gasteiger partial charge in [0.2, 0.25) is 0 Å². The van der Waals surface area contributed by atoms with Crippen LogP contribution in [0.3, 0.4) is 0 Å². The molecular formula is C4H8FO2. The average molecular weight is 107 g/mol. The van der Waals surface area contributed by atoms with Crippen LogP contribution in [0.25, 0.3) is 0 Å². The molecule has 1 atom stereocenters. The van der Waals surface area contributed by atoms with E-state index in [-0.39, 0.29) is 6.42 Å². The highest BCUT2D eigenvalue weighted by Crippen LogP contribution is 1.91. The van der Waals surface area contributed by atoms with Gasteiger partial charge in [-0.05, 0) is 0 Å². The minimum absolute atomic E-state index is 0.0104. The maximum absolute atomic E-state index is 11.2. The van der Waals surface area contributed by atoms with Gasteiger partial charge in [-0.2, -0.15) is 0 Å². The molecule has 7 heavy (non-hydrogen) atoms. The van der Waals surface area contributed by atoms with Crippen molar-refractivity contribution < 1.29 is 14.6 Å². The van der Waals surface area contributed by atoms with E-state index in [1.807, 2.05) is 0 Å². The normalized spacial score (nSPS) is 14.1. The summed E-state index contributed by atoms with van der Waals surface area (Å²) >= 11 is 0. The Labute approximate surface area is 41.6 Å². The quantitative estimate of drug-likeness (QED) is 0.542. The van der Waals surface area contributed by atoms with Gasteiger partial charge in [-0.1, -0.05) is 0 Å². The number of alkyl halides is 1. The minimum Gasteiger partial charge on any atom is -0.390 e. The SMILES string of the molecule is O[CH]CC(O)CF. The van der Waals surface area contributed by atoms with Crippen molar-refractivity contribution in [1.82, 2.24) is 0 Å². The summed E-state index contributed by atoms with van der Waals surface area (Å²) < 4.78 is 11.2. The Kier molecular flexibility index (Phi) is 3.93. The fourth-order valence-electron chi connectivity index (χ4n) is 0.185. The number of hydrogen-bond donors (Lipinski definition) is 2. The van der Waals surface area contributed by atoms with Crippen molar-refractivity contribution in [1.29, 1.82) is 0 Å². The molecule has 0 aromatic rings. The van der Waals surface area contributed by atoms with Crippen LogP contribution in [-0.4, -0.2) is 23.0 Å². The van der Waals surface area contributed by atoms with Crippen LogP contribution in [0.4, 0.5) is 4.39 Å². The molecule has 2 nitrogen and oxygen atoms in total. The second-order valence-corrected chi connectivity index (χ2v) is 1.23. The standard InChI is InChI=1S/C4H8FO2/c5-3-4(7)1-2-6/h2,4,6-7H,1,3H2. The zero-order valence-electron chi connectivity index (χ0n) is 3.84. The molecule has 0 bridgehead atoms. The first-order valence-electron chi connectivity index (χ1n) is 2.01. The molecule has 0 saturated carbocycles. The van der Waals surface area contributed by atoms with E-state index in [0.29, 0.717) is 0 Å². The second kappa shape index (κ2) is 4.02. The van der Waals surface area contributed by atoms with E-state index >= 15 is 0 Å². The maximum Gasteiger partial charge on any atom is 0.115 e. The molecule has 0 heterocycles. The zero-order valence-corrected chi connectivity index (χ0v) is 3.84. The Hall–Kier alpha value is -0.150. The Morgan fingerprint density at radius 3 is 2.43 bits per heavy atom. The molecule has 0 fully saturated rings. The van der Waals surface area contributed by atoms with Crippen LogP contribution in [0, 0.1) is 6.61 Å². The van der Waals surface area contributed by atoms with E-state index in [4.69, 9.17) is 10.2 Å². The highest BCUT2D eigenvalue weighted by Gasteiger charge is 1.98. The molecule has 1 unspecified atom stereocenters. The number of aliphatic hydroxyl groups excluding tert-OH is 2. The Morgan fingerprint density at radius 1 is 1.71 bits per heavy atom. The lowest BCUT2D eigenvalue weighted by Crippen LogP contribution is -2.07. The van der Waals surface area contributed by atoms with E-state index in [9.17, 15) is 4.39 Å². The van der Waals surface area contributed by atoms with Gasteiger partial charge in [-0.15, -0.1) is 0 Å². The Morgan fingerprint density at radius 2 is 2.29 bits per heavy atom. The van der Waals surface area contributed by atoms with E-state index in [1.165, 1.54) is 0 Å². The predicted molar refractivity (Wildman–Crippen MR) is 22.8 cm³/mol. The number of rotatable bonds is 3. The third-order valence-corrected chi connectivity index (χ3v) is 0.556. The first kappa shape index (κ1) is 6.85. The highest BCUT2D eigenvalue weighted by molar-refractivity contribution is 4.56. The van der Waals surface area contributed by atoms with Crippen LogP contribution < -0.4 is 0 Å². The molecule has 0 aliphatic heterocycles. The van der Waals surface area contributed by atoms with Crippen molar-refractivity contribution in [2.45, 2.75) is 12.5 Å². The second-order valence-electron chi connectivity index (χ2n) is 1.23. The topological polar surface area (TPSA) is 40.5 Å². The van der Waals surface area contributed by atoms with E-state index in [0.717, 1.165) is 6.61 Å². The molecular weight excluding hydrogens is 99.0 g/mol. The third-order valence-electron chi connectivity index (χ3n) is 0.556. The van der Waals surface area contributed by atoms with Crippen LogP contribution in [0.15, 0.2) is 0 Å². The summed E-state index contributed by atoms with van der Waals surface area (Å²) in [7, 11) is 0. The van der Waals surface area contributed by atoms with Crippen molar-refractivity contribution in [3.63, 3.8) is 0 Å². The van der Waals surface area contributed by atoms with Gasteiger partial charge in [-0.25, -0.2) is 4.39 Å². The lowest BCUT2D eigenvalue weighted by atomic mass is 10.3. The summed E-state index contributed by atoms with van der Waals surface area (Å²) in [5.41, 5.74) is 0. The van der Waals surface area contributed by atoms with Crippen molar-refractivity contribution in [2.24, 2.45) is 0 Å².